The molecule has 0 radical (unpaired) electrons. The summed E-state index contributed by atoms with van der Waals surface area (Å²) >= 11 is 0. The van der Waals surface area contributed by atoms with Crippen LogP contribution in [0.1, 0.15) is 20.3 Å². The predicted octanol–water partition coefficient (Wildman–Crippen LogP) is 1.25. The fourth-order valence-corrected chi connectivity index (χ4v) is 3.63. The summed E-state index contributed by atoms with van der Waals surface area (Å²) < 4.78 is 45.7. The first-order valence-corrected chi connectivity index (χ1v) is 7.43. The summed E-state index contributed by atoms with van der Waals surface area (Å²) in [5.41, 5.74) is 4.84. The number of halogens is 1. The van der Waals surface area contributed by atoms with Gasteiger partial charge in [-0.05, 0) is 38.5 Å². The third kappa shape index (κ3) is 2.88. The molecule has 3 N–H and O–H groups in total. The fourth-order valence-electron chi connectivity index (χ4n) is 2.07. The molecule has 7 heteroatoms. The van der Waals surface area contributed by atoms with Gasteiger partial charge in [0.2, 0.25) is 10.0 Å². The number of sulfonamides is 1. The van der Waals surface area contributed by atoms with Crippen molar-refractivity contribution in [3.63, 3.8) is 0 Å². The van der Waals surface area contributed by atoms with Crippen molar-refractivity contribution in [2.24, 2.45) is 0 Å². The minimum absolute atomic E-state index is 0.0706. The number of rotatable bonds is 3. The van der Waals surface area contributed by atoms with Crippen LogP contribution in [-0.2, 0) is 14.8 Å². The zero-order valence-electron chi connectivity index (χ0n) is 10.8. The summed E-state index contributed by atoms with van der Waals surface area (Å²) in [6.07, 6.45) is 0.325. The van der Waals surface area contributed by atoms with Gasteiger partial charge in [-0.2, -0.15) is 0 Å². The second kappa shape index (κ2) is 4.73. The van der Waals surface area contributed by atoms with Gasteiger partial charge in [0.1, 0.15) is 5.82 Å². The number of ether oxygens (including phenoxy) is 1. The van der Waals surface area contributed by atoms with Crippen LogP contribution in [0, 0.1) is 5.82 Å². The quantitative estimate of drug-likeness (QED) is 0.820. The third-order valence-corrected chi connectivity index (χ3v) is 5.05. The zero-order chi connectivity index (χ0) is 14.3. The fraction of sp³-hybridized carbons (Fsp3) is 0.500. The molecule has 1 aromatic carbocycles. The van der Waals surface area contributed by atoms with Gasteiger partial charge in [-0.3, -0.25) is 0 Å². The number of nitrogens with two attached hydrogens (primary N) is 1. The van der Waals surface area contributed by atoms with E-state index < -0.39 is 21.4 Å². The van der Waals surface area contributed by atoms with Crippen LogP contribution in [0.15, 0.2) is 23.1 Å². The lowest BCUT2D eigenvalue weighted by Gasteiger charge is -2.28. The average molecular weight is 288 g/mol. The van der Waals surface area contributed by atoms with E-state index >= 15 is 0 Å². The van der Waals surface area contributed by atoms with E-state index in [1.54, 1.807) is 13.8 Å². The Morgan fingerprint density at radius 1 is 1.47 bits per heavy atom. The molecule has 1 aromatic rings. The summed E-state index contributed by atoms with van der Waals surface area (Å²) in [7, 11) is -3.83. The maximum absolute atomic E-state index is 13.2. The molecule has 1 aliphatic rings. The van der Waals surface area contributed by atoms with Crippen molar-refractivity contribution >= 4 is 15.7 Å². The Morgan fingerprint density at radius 2 is 2.16 bits per heavy atom. The van der Waals surface area contributed by atoms with E-state index in [-0.39, 0.29) is 16.7 Å². The first-order valence-electron chi connectivity index (χ1n) is 5.95. The zero-order valence-corrected chi connectivity index (χ0v) is 11.6. The Labute approximate surface area is 112 Å². The topological polar surface area (TPSA) is 81.4 Å². The Balaban J connectivity index is 2.32. The second-order valence-corrected chi connectivity index (χ2v) is 6.69. The van der Waals surface area contributed by atoms with Crippen molar-refractivity contribution in [1.82, 2.24) is 4.72 Å². The van der Waals surface area contributed by atoms with Crippen LogP contribution in [0.3, 0.4) is 0 Å². The number of hydrogen-bond acceptors (Lipinski definition) is 4. The number of hydrogen-bond donors (Lipinski definition) is 2. The highest BCUT2D eigenvalue weighted by molar-refractivity contribution is 7.89. The lowest BCUT2D eigenvalue weighted by atomic mass is 9.97. The lowest BCUT2D eigenvalue weighted by molar-refractivity contribution is 0.0957. The van der Waals surface area contributed by atoms with E-state index in [0.717, 1.165) is 12.1 Å². The second-order valence-electron chi connectivity index (χ2n) is 5.01. The van der Waals surface area contributed by atoms with Crippen LogP contribution in [-0.4, -0.2) is 26.7 Å². The molecule has 1 fully saturated rings. The van der Waals surface area contributed by atoms with Gasteiger partial charge < -0.3 is 10.5 Å². The highest BCUT2D eigenvalue weighted by atomic mass is 32.2. The monoisotopic (exact) mass is 288 g/mol. The molecule has 0 aromatic heterocycles. The van der Waals surface area contributed by atoms with Crippen molar-refractivity contribution < 1.29 is 17.5 Å². The standard InChI is InChI=1S/C12H17FN2O3S/c1-8-12(2,3-4-18-8)15-19(16,17)11-6-9(13)5-10(14)7-11/h5-8,15H,3-4,14H2,1-2H3. The SMILES string of the molecule is CC1OCCC1(C)NS(=O)(=O)c1cc(N)cc(F)c1. The molecule has 0 aliphatic carbocycles. The molecular weight excluding hydrogens is 271 g/mol. The van der Waals surface area contributed by atoms with Gasteiger partial charge in [0.25, 0.3) is 0 Å². The lowest BCUT2D eigenvalue weighted by Crippen LogP contribution is -2.50. The van der Waals surface area contributed by atoms with Gasteiger partial charge in [0.15, 0.2) is 0 Å². The van der Waals surface area contributed by atoms with Gasteiger partial charge in [-0.1, -0.05) is 0 Å². The minimum Gasteiger partial charge on any atom is -0.399 e. The Morgan fingerprint density at radius 3 is 2.68 bits per heavy atom. The molecule has 19 heavy (non-hydrogen) atoms. The molecule has 1 saturated heterocycles. The molecule has 2 atom stereocenters. The van der Waals surface area contributed by atoms with Gasteiger partial charge in [-0.15, -0.1) is 0 Å². The predicted molar refractivity (Wildman–Crippen MR) is 69.6 cm³/mol. The van der Waals surface area contributed by atoms with Crippen LogP contribution in [0.4, 0.5) is 10.1 Å². The van der Waals surface area contributed by atoms with Gasteiger partial charge in [-0.25, -0.2) is 17.5 Å². The Kier molecular flexibility index (Phi) is 3.55. The maximum atomic E-state index is 13.2. The van der Waals surface area contributed by atoms with Gasteiger partial charge >= 0.3 is 0 Å². The average Bonchev–Trinajstić information content (AvgIpc) is 2.56. The van der Waals surface area contributed by atoms with Crippen LogP contribution in [0.5, 0.6) is 0 Å². The number of nitrogen functional groups attached to an aromatic ring is 1. The molecule has 1 aliphatic heterocycles. The van der Waals surface area contributed by atoms with Gasteiger partial charge in [0.05, 0.1) is 16.5 Å². The summed E-state index contributed by atoms with van der Waals surface area (Å²) in [6, 6.07) is 3.25. The molecule has 0 bridgehead atoms. The molecular formula is C12H17FN2O3S. The first kappa shape index (κ1) is 14.2. The number of nitrogens with one attached hydrogen (secondary N) is 1. The summed E-state index contributed by atoms with van der Waals surface area (Å²) in [5.74, 6) is -0.679. The van der Waals surface area contributed by atoms with Crippen LogP contribution >= 0.6 is 0 Å². The van der Waals surface area contributed by atoms with E-state index in [9.17, 15) is 12.8 Å². The molecule has 2 unspecified atom stereocenters. The Bertz CT molecular complexity index is 570. The molecule has 0 amide bonds. The van der Waals surface area contributed by atoms with E-state index in [0.29, 0.717) is 13.0 Å². The van der Waals surface area contributed by atoms with Crippen molar-refractivity contribution in [2.45, 2.75) is 36.8 Å². The molecule has 106 valence electrons. The third-order valence-electron chi connectivity index (χ3n) is 3.46. The molecule has 2 rings (SSSR count). The Hall–Kier alpha value is -1.18. The van der Waals surface area contributed by atoms with Gasteiger partial charge in [0, 0.05) is 12.3 Å². The smallest absolute Gasteiger partial charge is 0.241 e. The number of benzene rings is 1. The van der Waals surface area contributed by atoms with Crippen molar-refractivity contribution in [1.29, 1.82) is 0 Å². The van der Waals surface area contributed by atoms with E-state index in [2.05, 4.69) is 4.72 Å². The first-order chi connectivity index (χ1) is 8.73. The van der Waals surface area contributed by atoms with Crippen molar-refractivity contribution in [3.05, 3.63) is 24.0 Å². The minimum atomic E-state index is -3.83. The van der Waals surface area contributed by atoms with E-state index in [4.69, 9.17) is 10.5 Å². The van der Waals surface area contributed by atoms with E-state index in [1.165, 1.54) is 6.07 Å². The number of anilines is 1. The van der Waals surface area contributed by atoms with Crippen molar-refractivity contribution in [2.75, 3.05) is 12.3 Å². The van der Waals surface area contributed by atoms with Crippen LogP contribution < -0.4 is 10.5 Å². The van der Waals surface area contributed by atoms with Crippen LogP contribution in [0.25, 0.3) is 0 Å². The van der Waals surface area contributed by atoms with Crippen molar-refractivity contribution in [3.8, 4) is 0 Å². The molecule has 5 nitrogen and oxygen atoms in total. The largest absolute Gasteiger partial charge is 0.399 e. The summed E-state index contributed by atoms with van der Waals surface area (Å²) in [6.45, 7) is 4.06. The van der Waals surface area contributed by atoms with E-state index in [1.807, 2.05) is 0 Å². The normalized spacial score (nSPS) is 27.6. The summed E-state index contributed by atoms with van der Waals surface area (Å²) in [5, 5.41) is 0. The highest BCUT2D eigenvalue weighted by Gasteiger charge is 2.40. The summed E-state index contributed by atoms with van der Waals surface area (Å²) in [4.78, 5) is -0.176. The molecule has 0 spiro atoms. The molecule has 1 heterocycles. The molecule has 0 saturated carbocycles. The maximum Gasteiger partial charge on any atom is 0.241 e. The highest BCUT2D eigenvalue weighted by Crippen LogP contribution is 2.27. The van der Waals surface area contributed by atoms with Crippen LogP contribution in [0.2, 0.25) is 0 Å².